The van der Waals surface area contributed by atoms with Gasteiger partial charge in [0, 0.05) is 11.5 Å². The normalized spacial score (nSPS) is 44.8. The molecule has 0 saturated heterocycles. The van der Waals surface area contributed by atoms with Gasteiger partial charge in [0.05, 0.1) is 12.0 Å². The van der Waals surface area contributed by atoms with Crippen molar-refractivity contribution in [3.05, 3.63) is 42.0 Å². The van der Waals surface area contributed by atoms with E-state index < -0.39 is 28.9 Å². The van der Waals surface area contributed by atoms with Gasteiger partial charge in [-0.1, -0.05) is 45.9 Å². The van der Waals surface area contributed by atoms with E-state index in [2.05, 4.69) is 41.2 Å². The Kier molecular flexibility index (Phi) is 8.02. The Hall–Kier alpha value is -2.80. The van der Waals surface area contributed by atoms with Crippen molar-refractivity contribution in [3.63, 3.8) is 0 Å². The van der Waals surface area contributed by atoms with Gasteiger partial charge in [-0.25, -0.2) is 4.79 Å². The fourth-order valence-electron chi connectivity index (χ4n) is 12.7. The molecule has 252 valence electrons. The minimum absolute atomic E-state index is 0.0257. The molecule has 5 saturated carbocycles. The van der Waals surface area contributed by atoms with Crippen molar-refractivity contribution in [2.75, 3.05) is 6.61 Å². The summed E-state index contributed by atoms with van der Waals surface area (Å²) in [7, 11) is 0. The molecule has 1 aromatic rings. The van der Waals surface area contributed by atoms with E-state index in [1.165, 1.54) is 18.2 Å². The molecule has 5 aliphatic carbocycles. The van der Waals surface area contributed by atoms with Gasteiger partial charge in [-0.05, 0) is 141 Å². The van der Waals surface area contributed by atoms with E-state index in [4.69, 9.17) is 4.74 Å². The molecule has 0 radical (unpaired) electrons. The zero-order valence-electron chi connectivity index (χ0n) is 28.3. The number of ether oxygens (including phenoxy) is 1. The lowest BCUT2D eigenvalue weighted by molar-refractivity contribution is -0.256. The third-order valence-electron chi connectivity index (χ3n) is 15.2. The number of carboxylic acid groups (broad SMARTS) is 1. The van der Waals surface area contributed by atoms with E-state index in [0.29, 0.717) is 23.8 Å². The maximum atomic E-state index is 13.0. The molecule has 5 fully saturated rings. The van der Waals surface area contributed by atoms with Gasteiger partial charge in [0.15, 0.2) is 11.5 Å². The largest absolute Gasteiger partial charge is 0.504 e. The molecule has 0 bridgehead atoms. The van der Waals surface area contributed by atoms with E-state index >= 15 is 0 Å². The third-order valence-corrected chi connectivity index (χ3v) is 15.2. The Morgan fingerprint density at radius 2 is 1.65 bits per heavy atom. The summed E-state index contributed by atoms with van der Waals surface area (Å²) >= 11 is 0. The summed E-state index contributed by atoms with van der Waals surface area (Å²) < 4.78 is 6.09. The lowest BCUT2D eigenvalue weighted by atomic mass is 9.32. The molecule has 4 N–H and O–H groups in total. The minimum atomic E-state index is -0.632. The van der Waals surface area contributed by atoms with Gasteiger partial charge in [-0.2, -0.15) is 0 Å². The van der Waals surface area contributed by atoms with Gasteiger partial charge < -0.3 is 25.2 Å². The fraction of sp³-hybridized carbons (Fsp3) is 0.692. The molecule has 6 rings (SSSR count). The van der Waals surface area contributed by atoms with E-state index in [0.717, 1.165) is 63.4 Å². The van der Waals surface area contributed by atoms with Crippen LogP contribution in [0, 0.1) is 56.7 Å². The van der Waals surface area contributed by atoms with Crippen LogP contribution in [-0.4, -0.2) is 45.1 Å². The smallest absolute Gasteiger partial charge is 0.331 e. The van der Waals surface area contributed by atoms with Crippen molar-refractivity contribution >= 4 is 18.0 Å². The van der Waals surface area contributed by atoms with Gasteiger partial charge in [0.25, 0.3) is 0 Å². The van der Waals surface area contributed by atoms with Crippen LogP contribution in [0.25, 0.3) is 6.08 Å². The number of aliphatic hydroxyl groups is 1. The summed E-state index contributed by atoms with van der Waals surface area (Å²) in [6, 6.07) is 4.37. The predicted molar refractivity (Wildman–Crippen MR) is 177 cm³/mol. The van der Waals surface area contributed by atoms with E-state index in [9.17, 15) is 30.0 Å². The summed E-state index contributed by atoms with van der Waals surface area (Å²) in [5, 5.41) is 41.0. The predicted octanol–water partition coefficient (Wildman–Crippen LogP) is 7.74. The highest BCUT2D eigenvalue weighted by Crippen LogP contribution is 2.77. The Balaban J connectivity index is 1.26. The van der Waals surface area contributed by atoms with Gasteiger partial charge in [0.1, 0.15) is 6.10 Å². The van der Waals surface area contributed by atoms with Crippen molar-refractivity contribution < 1.29 is 34.8 Å². The topological polar surface area (TPSA) is 124 Å². The second-order valence-electron chi connectivity index (χ2n) is 16.9. The van der Waals surface area contributed by atoms with Crippen molar-refractivity contribution in [2.45, 2.75) is 105 Å². The number of carbonyl (C=O) groups is 2. The van der Waals surface area contributed by atoms with Crippen molar-refractivity contribution in [1.29, 1.82) is 0 Å². The third kappa shape index (κ3) is 4.53. The molecule has 0 heterocycles. The first-order valence-corrected chi connectivity index (χ1v) is 17.5. The van der Waals surface area contributed by atoms with Crippen LogP contribution < -0.4 is 0 Å². The van der Waals surface area contributed by atoms with E-state index in [1.54, 1.807) is 12.1 Å². The van der Waals surface area contributed by atoms with Gasteiger partial charge in [-0.15, -0.1) is 0 Å². The quantitative estimate of drug-likeness (QED) is 0.109. The Morgan fingerprint density at radius 3 is 2.30 bits per heavy atom. The number of hydrogen-bond acceptors (Lipinski definition) is 6. The molecule has 1 aromatic carbocycles. The van der Waals surface area contributed by atoms with Crippen LogP contribution in [0.4, 0.5) is 0 Å². The molecule has 11 atom stereocenters. The number of aliphatic carboxylic acids is 1. The lowest BCUT2D eigenvalue weighted by Crippen LogP contribution is -2.68. The average Bonchev–Trinajstić information content (AvgIpc) is 3.41. The second kappa shape index (κ2) is 11.1. The molecular weight excluding hydrogens is 580 g/mol. The number of phenols is 2. The lowest BCUT2D eigenvalue weighted by Gasteiger charge is -2.72. The molecule has 0 aliphatic heterocycles. The van der Waals surface area contributed by atoms with Crippen molar-refractivity contribution in [1.82, 2.24) is 0 Å². The number of phenolic OH excluding ortho intramolecular Hbond substituents is 2. The first-order chi connectivity index (χ1) is 21.6. The van der Waals surface area contributed by atoms with Crippen molar-refractivity contribution in [2.24, 2.45) is 56.7 Å². The number of aromatic hydroxyl groups is 2. The number of rotatable bonds is 6. The molecule has 0 spiro atoms. The molecule has 7 nitrogen and oxygen atoms in total. The highest BCUT2D eigenvalue weighted by Gasteiger charge is 2.72. The first-order valence-electron chi connectivity index (χ1n) is 17.5. The summed E-state index contributed by atoms with van der Waals surface area (Å²) in [5.74, 6) is -0.180. The highest BCUT2D eigenvalue weighted by molar-refractivity contribution is 5.87. The van der Waals surface area contributed by atoms with Gasteiger partial charge in [0.2, 0.25) is 0 Å². The number of benzene rings is 1. The van der Waals surface area contributed by atoms with Crippen LogP contribution >= 0.6 is 0 Å². The SMILES string of the molecule is C=C(C)[C@@H]1CC[C@]2(C(=O)O)CC[C@]3(C)[C@H](CC[C@@H]4[C@@]5(C)CC[C@H](OC(=O)/C=C/c6ccc(O)c(O)c6)[C@@](C)(CO)[C@@H]5CC[C@]43C)[C@@H]12. The monoisotopic (exact) mass is 634 g/mol. The maximum absolute atomic E-state index is 13.0. The molecule has 46 heavy (non-hydrogen) atoms. The molecule has 7 heteroatoms. The molecular formula is C39H54O7. The van der Waals surface area contributed by atoms with Crippen LogP contribution in [0.15, 0.2) is 36.4 Å². The minimum Gasteiger partial charge on any atom is -0.504 e. The van der Waals surface area contributed by atoms with Gasteiger partial charge >= 0.3 is 11.9 Å². The number of carbonyl (C=O) groups excluding carboxylic acids is 1. The molecule has 0 unspecified atom stereocenters. The number of hydrogen-bond donors (Lipinski definition) is 4. The standard InChI is InChI=1S/C39H54O7/c1-23(2)25-13-18-39(34(44)45)20-19-37(5)26(33(25)39)9-11-30-35(3)16-15-31(36(4,22-40)29(35)14-17-38(30,37)6)46-32(43)12-8-24-7-10-27(41)28(42)21-24/h7-8,10,12,21,25-26,29-31,33,40-42H,1,9,11,13-20,22H2,2-6H3,(H,44,45)/b12-8+/t25-,26+,29+,30+,31-,33+,35-,36-,37+,38+,39-/m0/s1. The summed E-state index contributed by atoms with van der Waals surface area (Å²) in [5.41, 5.74) is 0.526. The Bertz CT molecular complexity index is 1450. The Labute approximate surface area is 274 Å². The van der Waals surface area contributed by atoms with Crippen molar-refractivity contribution in [3.8, 4) is 11.5 Å². The van der Waals surface area contributed by atoms with Crippen LogP contribution in [0.5, 0.6) is 11.5 Å². The molecule has 5 aliphatic rings. The van der Waals surface area contributed by atoms with E-state index in [-0.39, 0.29) is 52.1 Å². The van der Waals surface area contributed by atoms with Crippen LogP contribution in [0.1, 0.15) is 104 Å². The van der Waals surface area contributed by atoms with Crippen LogP contribution in [-0.2, 0) is 14.3 Å². The van der Waals surface area contributed by atoms with Gasteiger partial charge in [-0.3, -0.25) is 4.79 Å². The number of aliphatic hydroxyl groups excluding tert-OH is 1. The molecule has 0 aromatic heterocycles. The fourth-order valence-corrected chi connectivity index (χ4v) is 12.7. The number of fused-ring (bicyclic) bond motifs is 7. The maximum Gasteiger partial charge on any atom is 0.331 e. The summed E-state index contributed by atoms with van der Waals surface area (Å²) in [4.78, 5) is 26.0. The van der Waals surface area contributed by atoms with E-state index in [1.807, 2.05) is 0 Å². The van der Waals surface area contributed by atoms with Crippen LogP contribution in [0.3, 0.4) is 0 Å². The first kappa shape index (κ1) is 33.1. The molecule has 0 amide bonds. The number of esters is 1. The van der Waals surface area contributed by atoms with Crippen LogP contribution in [0.2, 0.25) is 0 Å². The Morgan fingerprint density at radius 1 is 0.913 bits per heavy atom. The zero-order chi connectivity index (χ0) is 33.4. The summed E-state index contributed by atoms with van der Waals surface area (Å²) in [6.45, 7) is 15.9. The highest BCUT2D eigenvalue weighted by atomic mass is 16.5. The number of carboxylic acids is 1. The summed E-state index contributed by atoms with van der Waals surface area (Å²) in [6.07, 6.45) is 11.5. The average molecular weight is 635 g/mol. The second-order valence-corrected chi connectivity index (χ2v) is 16.9. The zero-order valence-corrected chi connectivity index (χ0v) is 28.3. The number of allylic oxidation sites excluding steroid dienone is 1.